The Morgan fingerprint density at radius 2 is 1.96 bits per heavy atom. The number of pyridine rings is 1. The van der Waals surface area contributed by atoms with Gasteiger partial charge in [0.05, 0.1) is 22.8 Å². The summed E-state index contributed by atoms with van der Waals surface area (Å²) in [5.41, 5.74) is 0.200. The fourth-order valence-electron chi connectivity index (χ4n) is 2.26. The molecule has 0 radical (unpaired) electrons. The minimum absolute atomic E-state index is 0. The standard InChI is InChI=1S/C16H21F3N6S.HI/c1-10-13(26-11(2)25-10)9-24-15(20-3)23-8-7-22-14-12(16(17,18)19)5-4-6-21-14;/h4-6H,7-9H2,1-3H3,(H,21,22)(H2,20,23,24);1H. The van der Waals surface area contributed by atoms with Crippen molar-refractivity contribution < 1.29 is 13.2 Å². The smallest absolute Gasteiger partial charge is 0.368 e. The molecule has 0 unspecified atom stereocenters. The fourth-order valence-corrected chi connectivity index (χ4v) is 3.14. The lowest BCUT2D eigenvalue weighted by molar-refractivity contribution is -0.137. The zero-order valence-electron chi connectivity index (χ0n) is 15.1. The largest absolute Gasteiger partial charge is 0.419 e. The van der Waals surface area contributed by atoms with Crippen LogP contribution in [0, 0.1) is 13.8 Å². The van der Waals surface area contributed by atoms with Crippen LogP contribution in [0.15, 0.2) is 23.3 Å². The third-order valence-corrected chi connectivity index (χ3v) is 4.54. The Balaban J connectivity index is 0.00000364. The summed E-state index contributed by atoms with van der Waals surface area (Å²) in [6.45, 7) is 5.13. The number of nitrogens with zero attached hydrogens (tertiary/aromatic N) is 3. The van der Waals surface area contributed by atoms with E-state index in [9.17, 15) is 13.2 Å². The summed E-state index contributed by atoms with van der Waals surface area (Å²) in [5, 5.41) is 9.91. The first kappa shape index (κ1) is 23.4. The summed E-state index contributed by atoms with van der Waals surface area (Å²) >= 11 is 1.61. The van der Waals surface area contributed by atoms with Crippen LogP contribution in [0.2, 0.25) is 0 Å². The van der Waals surface area contributed by atoms with Crippen LogP contribution in [-0.2, 0) is 12.7 Å². The number of anilines is 1. The second-order valence-corrected chi connectivity index (χ2v) is 6.71. The Hall–Kier alpha value is -1.63. The highest BCUT2D eigenvalue weighted by Gasteiger charge is 2.33. The number of aliphatic imine (C=N–C) groups is 1. The van der Waals surface area contributed by atoms with Crippen molar-refractivity contribution in [3.05, 3.63) is 39.5 Å². The van der Waals surface area contributed by atoms with Crippen LogP contribution in [0.1, 0.15) is 21.1 Å². The van der Waals surface area contributed by atoms with E-state index in [1.807, 2.05) is 13.8 Å². The third-order valence-electron chi connectivity index (χ3n) is 3.46. The molecule has 0 aliphatic heterocycles. The van der Waals surface area contributed by atoms with Gasteiger partial charge in [0.2, 0.25) is 0 Å². The molecule has 2 aromatic rings. The molecule has 0 aliphatic carbocycles. The summed E-state index contributed by atoms with van der Waals surface area (Å²) in [4.78, 5) is 13.3. The first-order valence-corrected chi connectivity index (χ1v) is 8.76. The van der Waals surface area contributed by atoms with Gasteiger partial charge in [-0.2, -0.15) is 13.2 Å². The summed E-state index contributed by atoms with van der Waals surface area (Å²) in [6.07, 6.45) is -3.11. The molecule has 6 nitrogen and oxygen atoms in total. The second-order valence-electron chi connectivity index (χ2n) is 5.42. The van der Waals surface area contributed by atoms with Crippen LogP contribution in [0.3, 0.4) is 0 Å². The van der Waals surface area contributed by atoms with E-state index in [2.05, 4.69) is 30.9 Å². The normalized spacial score (nSPS) is 11.7. The minimum atomic E-state index is -4.44. The van der Waals surface area contributed by atoms with E-state index in [-0.39, 0.29) is 36.3 Å². The molecule has 150 valence electrons. The number of nitrogens with one attached hydrogen (secondary N) is 3. The number of alkyl halides is 3. The number of hydrogen-bond donors (Lipinski definition) is 3. The zero-order valence-corrected chi connectivity index (χ0v) is 18.3. The van der Waals surface area contributed by atoms with Crippen molar-refractivity contribution in [2.45, 2.75) is 26.6 Å². The van der Waals surface area contributed by atoms with Crippen LogP contribution in [-0.4, -0.2) is 36.1 Å². The molecular weight excluding hydrogens is 492 g/mol. The zero-order chi connectivity index (χ0) is 19.2. The fraction of sp³-hybridized carbons (Fsp3) is 0.438. The topological polar surface area (TPSA) is 74.2 Å². The predicted molar refractivity (Wildman–Crippen MR) is 113 cm³/mol. The molecule has 3 N–H and O–H groups in total. The Labute approximate surface area is 177 Å². The monoisotopic (exact) mass is 514 g/mol. The second kappa shape index (κ2) is 10.6. The van der Waals surface area contributed by atoms with E-state index in [1.165, 1.54) is 12.3 Å². The minimum Gasteiger partial charge on any atom is -0.368 e. The SMILES string of the molecule is CN=C(NCCNc1ncccc1C(F)(F)F)NCc1sc(C)nc1C.I. The maximum atomic E-state index is 12.9. The molecule has 2 heterocycles. The number of aromatic nitrogens is 2. The molecule has 0 saturated heterocycles. The molecule has 0 saturated carbocycles. The van der Waals surface area contributed by atoms with Crippen molar-refractivity contribution in [1.82, 2.24) is 20.6 Å². The van der Waals surface area contributed by atoms with Gasteiger partial charge in [0.1, 0.15) is 5.82 Å². The molecule has 2 aromatic heterocycles. The molecule has 11 heteroatoms. The maximum absolute atomic E-state index is 12.9. The highest BCUT2D eigenvalue weighted by Crippen LogP contribution is 2.33. The molecule has 0 amide bonds. The Morgan fingerprint density at radius 1 is 1.22 bits per heavy atom. The lowest BCUT2D eigenvalue weighted by atomic mass is 10.2. The molecule has 27 heavy (non-hydrogen) atoms. The van der Waals surface area contributed by atoms with Gasteiger partial charge in [-0.15, -0.1) is 35.3 Å². The van der Waals surface area contributed by atoms with Crippen molar-refractivity contribution in [2.75, 3.05) is 25.5 Å². The van der Waals surface area contributed by atoms with Crippen LogP contribution in [0.25, 0.3) is 0 Å². The summed E-state index contributed by atoms with van der Waals surface area (Å²) < 4.78 is 38.7. The van der Waals surface area contributed by atoms with Gasteiger partial charge in [0.15, 0.2) is 5.96 Å². The number of rotatable bonds is 6. The Morgan fingerprint density at radius 3 is 2.56 bits per heavy atom. The average Bonchev–Trinajstić information content (AvgIpc) is 2.91. The van der Waals surface area contributed by atoms with E-state index >= 15 is 0 Å². The number of hydrogen-bond acceptors (Lipinski definition) is 5. The highest BCUT2D eigenvalue weighted by molar-refractivity contribution is 14.0. The van der Waals surface area contributed by atoms with E-state index in [4.69, 9.17) is 0 Å². The Bertz CT molecular complexity index is 763. The molecular formula is C16H22F3IN6S. The van der Waals surface area contributed by atoms with Gasteiger partial charge >= 0.3 is 6.18 Å². The first-order valence-electron chi connectivity index (χ1n) is 7.94. The van der Waals surface area contributed by atoms with E-state index in [0.29, 0.717) is 19.0 Å². The van der Waals surface area contributed by atoms with Crippen molar-refractivity contribution in [3.63, 3.8) is 0 Å². The van der Waals surface area contributed by atoms with E-state index in [0.717, 1.165) is 21.6 Å². The number of guanidine groups is 1. The molecule has 0 spiro atoms. The number of halogens is 4. The Kier molecular flexibility index (Phi) is 9.22. The van der Waals surface area contributed by atoms with Crippen molar-refractivity contribution in [2.24, 2.45) is 4.99 Å². The lowest BCUT2D eigenvalue weighted by Crippen LogP contribution is -2.39. The third kappa shape index (κ3) is 7.13. The summed E-state index contributed by atoms with van der Waals surface area (Å²) in [7, 11) is 1.63. The molecule has 2 rings (SSSR count). The van der Waals surface area contributed by atoms with Crippen LogP contribution < -0.4 is 16.0 Å². The molecule has 0 aliphatic rings. The van der Waals surface area contributed by atoms with Crippen LogP contribution in [0.4, 0.5) is 19.0 Å². The highest BCUT2D eigenvalue weighted by atomic mass is 127. The van der Waals surface area contributed by atoms with Crippen molar-refractivity contribution in [3.8, 4) is 0 Å². The van der Waals surface area contributed by atoms with Gasteiger partial charge < -0.3 is 16.0 Å². The van der Waals surface area contributed by atoms with Gasteiger partial charge in [-0.3, -0.25) is 4.99 Å². The lowest BCUT2D eigenvalue weighted by Gasteiger charge is -2.14. The van der Waals surface area contributed by atoms with Gasteiger partial charge in [-0.05, 0) is 26.0 Å². The maximum Gasteiger partial charge on any atom is 0.419 e. The van der Waals surface area contributed by atoms with Crippen molar-refractivity contribution >= 4 is 47.1 Å². The van der Waals surface area contributed by atoms with Crippen LogP contribution >= 0.6 is 35.3 Å². The summed E-state index contributed by atoms with van der Waals surface area (Å²) in [6, 6.07) is 2.27. The van der Waals surface area contributed by atoms with E-state index < -0.39 is 11.7 Å². The number of aryl methyl sites for hydroxylation is 2. The quantitative estimate of drug-likeness (QED) is 0.238. The van der Waals surface area contributed by atoms with Gasteiger partial charge in [0, 0.05) is 31.2 Å². The van der Waals surface area contributed by atoms with E-state index in [1.54, 1.807) is 18.4 Å². The average molecular weight is 514 g/mol. The predicted octanol–water partition coefficient (Wildman–Crippen LogP) is 3.57. The molecule has 0 bridgehead atoms. The molecule has 0 fully saturated rings. The molecule has 0 atom stereocenters. The van der Waals surface area contributed by atoms with Gasteiger partial charge in [0.25, 0.3) is 0 Å². The molecule has 0 aromatic carbocycles. The van der Waals surface area contributed by atoms with Crippen molar-refractivity contribution in [1.29, 1.82) is 0 Å². The first-order chi connectivity index (χ1) is 12.3. The van der Waals surface area contributed by atoms with Crippen LogP contribution in [0.5, 0.6) is 0 Å². The van der Waals surface area contributed by atoms with Gasteiger partial charge in [-0.25, -0.2) is 9.97 Å². The summed E-state index contributed by atoms with van der Waals surface area (Å²) in [5.74, 6) is 0.384. The van der Waals surface area contributed by atoms with Gasteiger partial charge in [-0.1, -0.05) is 0 Å². The number of thiazole rings is 1.